The Hall–Kier alpha value is -1.46. The van der Waals surface area contributed by atoms with Gasteiger partial charge in [0.2, 0.25) is 0 Å². The lowest BCUT2D eigenvalue weighted by atomic mass is 10.1. The Morgan fingerprint density at radius 2 is 2.12 bits per heavy atom. The molecular formula is C18H29ClN2O3. The molecule has 1 fully saturated rings. The molecule has 6 heteroatoms. The van der Waals surface area contributed by atoms with E-state index in [1.807, 2.05) is 13.0 Å². The molecule has 0 aromatic heterocycles. The van der Waals surface area contributed by atoms with Gasteiger partial charge in [-0.05, 0) is 63.4 Å². The van der Waals surface area contributed by atoms with E-state index in [4.69, 9.17) is 9.47 Å². The second kappa shape index (κ2) is 11.2. The van der Waals surface area contributed by atoms with E-state index in [0.29, 0.717) is 42.7 Å². The maximum Gasteiger partial charge on any atom is 0.251 e. The molecule has 1 aromatic carbocycles. The first-order valence-corrected chi connectivity index (χ1v) is 8.63. The third-order valence-electron chi connectivity index (χ3n) is 3.97. The first-order chi connectivity index (χ1) is 11.2. The number of nitrogens with one attached hydrogen (secondary N) is 2. The zero-order chi connectivity index (χ0) is 16.5. The molecule has 1 amide bonds. The summed E-state index contributed by atoms with van der Waals surface area (Å²) in [5.74, 6) is 1.95. The normalized spacial score (nSPS) is 16.3. The van der Waals surface area contributed by atoms with E-state index in [-0.39, 0.29) is 18.3 Å². The number of ether oxygens (including phenoxy) is 2. The van der Waals surface area contributed by atoms with Gasteiger partial charge in [-0.15, -0.1) is 12.4 Å². The third kappa shape index (κ3) is 6.21. The number of carbonyl (C=O) groups excluding carboxylic acids is 1. The van der Waals surface area contributed by atoms with E-state index in [1.165, 1.54) is 6.42 Å². The standard InChI is InChI=1S/C18H28N2O3.ClH/c1-3-11-23-16-6-5-15(12-17(16)22-4-2)18(21)20-10-8-14-7-9-19-13-14;/h5-6,12,14,19H,3-4,7-11,13H2,1-2H3,(H,20,21);1H. The number of carbonyl (C=O) groups is 1. The van der Waals surface area contributed by atoms with Gasteiger partial charge in [0.15, 0.2) is 11.5 Å². The van der Waals surface area contributed by atoms with Crippen molar-refractivity contribution in [2.75, 3.05) is 32.8 Å². The molecule has 1 aliphatic heterocycles. The SMILES string of the molecule is CCCOc1ccc(C(=O)NCCC2CCNC2)cc1OCC.Cl. The molecule has 1 saturated heterocycles. The predicted octanol–water partition coefficient (Wildman–Crippen LogP) is 3.03. The summed E-state index contributed by atoms with van der Waals surface area (Å²) in [5.41, 5.74) is 0.613. The zero-order valence-electron chi connectivity index (χ0n) is 14.6. The Kier molecular flexibility index (Phi) is 9.57. The van der Waals surface area contributed by atoms with Crippen LogP contribution in [0, 0.1) is 5.92 Å². The largest absolute Gasteiger partial charge is 0.490 e. The molecule has 1 heterocycles. The second-order valence-electron chi connectivity index (χ2n) is 5.85. The van der Waals surface area contributed by atoms with Crippen LogP contribution in [-0.4, -0.2) is 38.8 Å². The predicted molar refractivity (Wildman–Crippen MR) is 98.6 cm³/mol. The van der Waals surface area contributed by atoms with Gasteiger partial charge in [-0.3, -0.25) is 4.79 Å². The maximum atomic E-state index is 12.3. The van der Waals surface area contributed by atoms with E-state index >= 15 is 0 Å². The molecule has 1 atom stereocenters. The summed E-state index contributed by atoms with van der Waals surface area (Å²) < 4.78 is 11.3. The molecule has 1 aliphatic rings. The fourth-order valence-electron chi connectivity index (χ4n) is 2.70. The lowest BCUT2D eigenvalue weighted by Crippen LogP contribution is -2.26. The van der Waals surface area contributed by atoms with E-state index in [9.17, 15) is 4.79 Å². The van der Waals surface area contributed by atoms with Crippen LogP contribution in [0.1, 0.15) is 43.5 Å². The van der Waals surface area contributed by atoms with E-state index in [1.54, 1.807) is 12.1 Å². The highest BCUT2D eigenvalue weighted by Gasteiger charge is 2.15. The molecule has 0 radical (unpaired) electrons. The number of benzene rings is 1. The molecule has 1 aromatic rings. The van der Waals surface area contributed by atoms with Gasteiger partial charge < -0.3 is 20.1 Å². The number of halogens is 1. The van der Waals surface area contributed by atoms with Crippen LogP contribution in [0.25, 0.3) is 0 Å². The summed E-state index contributed by atoms with van der Waals surface area (Å²) in [6.45, 7) is 8.03. The number of rotatable bonds is 9. The minimum Gasteiger partial charge on any atom is -0.490 e. The van der Waals surface area contributed by atoms with Crippen molar-refractivity contribution in [3.63, 3.8) is 0 Å². The van der Waals surface area contributed by atoms with Gasteiger partial charge >= 0.3 is 0 Å². The molecule has 136 valence electrons. The summed E-state index contributed by atoms with van der Waals surface area (Å²) >= 11 is 0. The Morgan fingerprint density at radius 1 is 1.29 bits per heavy atom. The summed E-state index contributed by atoms with van der Waals surface area (Å²) in [7, 11) is 0. The molecule has 5 nitrogen and oxygen atoms in total. The van der Waals surface area contributed by atoms with Gasteiger partial charge in [0, 0.05) is 12.1 Å². The van der Waals surface area contributed by atoms with E-state index in [0.717, 1.165) is 25.9 Å². The molecule has 1 unspecified atom stereocenters. The fraction of sp³-hybridized carbons (Fsp3) is 0.611. The minimum absolute atomic E-state index is 0. The van der Waals surface area contributed by atoms with Gasteiger partial charge in [-0.2, -0.15) is 0 Å². The third-order valence-corrected chi connectivity index (χ3v) is 3.97. The Morgan fingerprint density at radius 3 is 2.79 bits per heavy atom. The van der Waals surface area contributed by atoms with Crippen LogP contribution < -0.4 is 20.1 Å². The van der Waals surface area contributed by atoms with Crippen LogP contribution in [0.2, 0.25) is 0 Å². The van der Waals surface area contributed by atoms with Gasteiger partial charge in [0.25, 0.3) is 5.91 Å². The van der Waals surface area contributed by atoms with Crippen molar-refractivity contribution in [3.8, 4) is 11.5 Å². The van der Waals surface area contributed by atoms with Crippen molar-refractivity contribution < 1.29 is 14.3 Å². The number of amides is 1. The van der Waals surface area contributed by atoms with Crippen molar-refractivity contribution in [3.05, 3.63) is 23.8 Å². The quantitative estimate of drug-likeness (QED) is 0.714. The van der Waals surface area contributed by atoms with Crippen LogP contribution in [0.15, 0.2) is 18.2 Å². The monoisotopic (exact) mass is 356 g/mol. The zero-order valence-corrected chi connectivity index (χ0v) is 15.4. The van der Waals surface area contributed by atoms with Crippen LogP contribution in [0.3, 0.4) is 0 Å². The number of hydrogen-bond donors (Lipinski definition) is 2. The van der Waals surface area contributed by atoms with Crippen LogP contribution >= 0.6 is 12.4 Å². The minimum atomic E-state index is -0.0565. The molecular weight excluding hydrogens is 328 g/mol. The molecule has 0 saturated carbocycles. The average Bonchev–Trinajstić information content (AvgIpc) is 3.07. The van der Waals surface area contributed by atoms with Gasteiger partial charge in [-0.1, -0.05) is 6.92 Å². The van der Waals surface area contributed by atoms with Crippen molar-refractivity contribution in [2.45, 2.75) is 33.1 Å². The molecule has 2 N–H and O–H groups in total. The highest BCUT2D eigenvalue weighted by atomic mass is 35.5. The van der Waals surface area contributed by atoms with E-state index < -0.39 is 0 Å². The van der Waals surface area contributed by atoms with Crippen LogP contribution in [0.4, 0.5) is 0 Å². The smallest absolute Gasteiger partial charge is 0.251 e. The van der Waals surface area contributed by atoms with Crippen molar-refractivity contribution >= 4 is 18.3 Å². The molecule has 24 heavy (non-hydrogen) atoms. The molecule has 0 aliphatic carbocycles. The topological polar surface area (TPSA) is 59.6 Å². The first-order valence-electron chi connectivity index (χ1n) is 8.63. The summed E-state index contributed by atoms with van der Waals surface area (Å²) in [6, 6.07) is 5.37. The van der Waals surface area contributed by atoms with Crippen molar-refractivity contribution in [1.29, 1.82) is 0 Å². The van der Waals surface area contributed by atoms with Crippen molar-refractivity contribution in [2.24, 2.45) is 5.92 Å². The molecule has 0 spiro atoms. The number of hydrogen-bond acceptors (Lipinski definition) is 4. The summed E-state index contributed by atoms with van der Waals surface area (Å²) in [5, 5.41) is 6.34. The summed E-state index contributed by atoms with van der Waals surface area (Å²) in [6.07, 6.45) is 3.16. The van der Waals surface area contributed by atoms with Crippen LogP contribution in [-0.2, 0) is 0 Å². The first kappa shape index (κ1) is 20.6. The van der Waals surface area contributed by atoms with Gasteiger partial charge in [-0.25, -0.2) is 0 Å². The van der Waals surface area contributed by atoms with E-state index in [2.05, 4.69) is 17.6 Å². The highest BCUT2D eigenvalue weighted by molar-refractivity contribution is 5.94. The fourth-order valence-corrected chi connectivity index (χ4v) is 2.70. The lowest BCUT2D eigenvalue weighted by molar-refractivity contribution is 0.0951. The van der Waals surface area contributed by atoms with Crippen LogP contribution in [0.5, 0.6) is 11.5 Å². The van der Waals surface area contributed by atoms with Gasteiger partial charge in [0.05, 0.1) is 13.2 Å². The Balaban J connectivity index is 0.00000288. The maximum absolute atomic E-state index is 12.3. The Bertz CT molecular complexity index is 505. The molecule has 2 rings (SSSR count). The van der Waals surface area contributed by atoms with Gasteiger partial charge in [0.1, 0.15) is 0 Å². The Labute approximate surface area is 150 Å². The lowest BCUT2D eigenvalue weighted by Gasteiger charge is -2.13. The highest BCUT2D eigenvalue weighted by Crippen LogP contribution is 2.28. The second-order valence-corrected chi connectivity index (χ2v) is 5.85. The molecule has 0 bridgehead atoms. The summed E-state index contributed by atoms with van der Waals surface area (Å²) in [4.78, 5) is 12.3. The van der Waals surface area contributed by atoms with Crippen molar-refractivity contribution in [1.82, 2.24) is 10.6 Å². The average molecular weight is 357 g/mol.